The van der Waals surface area contributed by atoms with Crippen LogP contribution in [0.2, 0.25) is 5.15 Å². The van der Waals surface area contributed by atoms with Crippen LogP contribution >= 0.6 is 34.3 Å². The summed E-state index contributed by atoms with van der Waals surface area (Å²) in [6.07, 6.45) is 5.13. The molecule has 166 valence electrons. The lowest BCUT2D eigenvalue weighted by molar-refractivity contribution is -0.126. The van der Waals surface area contributed by atoms with Crippen LogP contribution in [0.4, 0.5) is 0 Å². The number of nitrogens with zero attached hydrogens (tertiary/aromatic N) is 3. The number of hydrogen-bond donors (Lipinski definition) is 0. The normalized spacial score (nSPS) is 11.3. The van der Waals surface area contributed by atoms with E-state index in [0.29, 0.717) is 42.0 Å². The van der Waals surface area contributed by atoms with Gasteiger partial charge in [0, 0.05) is 35.6 Å². The lowest BCUT2D eigenvalue weighted by atomic mass is 10.2. The van der Waals surface area contributed by atoms with Crippen molar-refractivity contribution < 1.29 is 14.3 Å². The van der Waals surface area contributed by atoms with E-state index in [4.69, 9.17) is 21.1 Å². The van der Waals surface area contributed by atoms with Crippen molar-refractivity contribution in [2.75, 3.05) is 13.7 Å². The van der Waals surface area contributed by atoms with Crippen LogP contribution in [-0.4, -0.2) is 33.8 Å². The molecule has 0 aliphatic heterocycles. The lowest BCUT2D eigenvalue weighted by Crippen LogP contribution is -2.28. The molecule has 0 radical (unpaired) electrons. The Hall–Kier alpha value is -2.81. The number of ether oxygens (including phenoxy) is 2. The lowest BCUT2D eigenvalue weighted by Gasteiger charge is -2.20. The highest BCUT2D eigenvalue weighted by atomic mass is 35.5. The van der Waals surface area contributed by atoms with Gasteiger partial charge in [-0.25, -0.2) is 4.98 Å². The van der Waals surface area contributed by atoms with Crippen molar-refractivity contribution in [3.63, 3.8) is 0 Å². The Bertz CT molecular complexity index is 1230. The van der Waals surface area contributed by atoms with Gasteiger partial charge < -0.3 is 14.4 Å². The Kier molecular flexibility index (Phi) is 7.14. The summed E-state index contributed by atoms with van der Waals surface area (Å²) < 4.78 is 13.3. The molecule has 0 saturated carbocycles. The average Bonchev–Trinajstić information content (AvgIpc) is 3.53. The van der Waals surface area contributed by atoms with Crippen molar-refractivity contribution in [3.8, 4) is 11.5 Å². The Labute approximate surface area is 199 Å². The first-order chi connectivity index (χ1) is 15.6. The van der Waals surface area contributed by atoms with Crippen LogP contribution in [-0.2, 0) is 17.9 Å². The van der Waals surface area contributed by atoms with Crippen LogP contribution in [0.15, 0.2) is 53.4 Å². The highest BCUT2D eigenvalue weighted by molar-refractivity contribution is 7.15. The highest BCUT2D eigenvalue weighted by Crippen LogP contribution is 2.30. The van der Waals surface area contributed by atoms with Crippen LogP contribution in [0.1, 0.15) is 23.1 Å². The number of carbonyl (C=O) groups is 1. The number of fused-ring (bicyclic) bond motifs is 1. The van der Waals surface area contributed by atoms with E-state index < -0.39 is 0 Å². The van der Waals surface area contributed by atoms with E-state index in [1.165, 1.54) is 17.4 Å². The zero-order chi connectivity index (χ0) is 22.5. The van der Waals surface area contributed by atoms with Gasteiger partial charge in [-0.15, -0.1) is 22.7 Å². The van der Waals surface area contributed by atoms with Crippen molar-refractivity contribution >= 4 is 51.2 Å². The number of hydrogen-bond acceptors (Lipinski definition) is 6. The molecule has 9 heteroatoms. The zero-order valence-corrected chi connectivity index (χ0v) is 20.0. The maximum absolute atomic E-state index is 12.8. The number of aromatic nitrogens is 2. The fourth-order valence-electron chi connectivity index (χ4n) is 3.22. The molecular formula is C23H22ClN3O3S2. The summed E-state index contributed by atoms with van der Waals surface area (Å²) in [5.74, 6) is 1.21. The summed E-state index contributed by atoms with van der Waals surface area (Å²) >= 11 is 9.36. The fourth-order valence-corrected chi connectivity index (χ4v) is 4.84. The molecule has 0 saturated heterocycles. The SMILES string of the molecule is CCN(Cc1ccc(OCc2cccs2)c(OC)c1)C(=O)/C=C/c1c(Cl)nc2sccn12. The van der Waals surface area contributed by atoms with Gasteiger partial charge in [-0.2, -0.15) is 0 Å². The third-order valence-corrected chi connectivity index (χ3v) is 6.77. The van der Waals surface area contributed by atoms with Gasteiger partial charge in [0.05, 0.1) is 12.8 Å². The number of amides is 1. The van der Waals surface area contributed by atoms with Gasteiger partial charge in [-0.1, -0.05) is 23.7 Å². The number of likely N-dealkylation sites (N-methyl/N-ethyl adjacent to an activating group) is 1. The molecule has 0 aliphatic carbocycles. The van der Waals surface area contributed by atoms with Gasteiger partial charge in [-0.3, -0.25) is 9.20 Å². The summed E-state index contributed by atoms with van der Waals surface area (Å²) in [4.78, 5) is 20.8. The van der Waals surface area contributed by atoms with Crippen LogP contribution in [0, 0.1) is 0 Å². The molecular weight excluding hydrogens is 466 g/mol. The Morgan fingerprint density at radius 1 is 1.25 bits per heavy atom. The van der Waals surface area contributed by atoms with Crippen LogP contribution in [0.3, 0.4) is 0 Å². The fraction of sp³-hybridized carbons (Fsp3) is 0.217. The standard InChI is InChI=1S/C23H22ClN3O3S2/c1-3-26(21(28)9-7-18-22(24)25-23-27(18)10-12-32-23)14-16-6-8-19(20(13-16)29-2)30-15-17-5-4-11-31-17/h4-13H,3,14-15H2,1-2H3/b9-7+. The second-order valence-corrected chi connectivity index (χ2v) is 9.15. The largest absolute Gasteiger partial charge is 0.493 e. The molecule has 3 heterocycles. The Balaban J connectivity index is 1.44. The predicted octanol–water partition coefficient (Wildman–Crippen LogP) is 5.76. The summed E-state index contributed by atoms with van der Waals surface area (Å²) in [5.41, 5.74) is 1.65. The van der Waals surface area contributed by atoms with Crippen LogP contribution in [0.5, 0.6) is 11.5 Å². The van der Waals surface area contributed by atoms with Crippen molar-refractivity contribution in [2.45, 2.75) is 20.1 Å². The van der Waals surface area contributed by atoms with E-state index in [2.05, 4.69) is 4.98 Å². The second kappa shape index (κ2) is 10.2. The molecule has 0 fully saturated rings. The molecule has 0 spiro atoms. The number of thiazole rings is 1. The van der Waals surface area contributed by atoms with E-state index in [0.717, 1.165) is 15.4 Å². The van der Waals surface area contributed by atoms with Gasteiger partial charge >= 0.3 is 0 Å². The van der Waals surface area contributed by atoms with Crippen molar-refractivity contribution in [2.24, 2.45) is 0 Å². The highest BCUT2D eigenvalue weighted by Gasteiger charge is 2.14. The maximum Gasteiger partial charge on any atom is 0.246 e. The first kappa shape index (κ1) is 22.4. The summed E-state index contributed by atoms with van der Waals surface area (Å²) in [5, 5.41) is 4.33. The van der Waals surface area contributed by atoms with E-state index in [9.17, 15) is 4.79 Å². The van der Waals surface area contributed by atoms with Gasteiger partial charge in [0.1, 0.15) is 6.61 Å². The van der Waals surface area contributed by atoms with E-state index in [-0.39, 0.29) is 5.91 Å². The van der Waals surface area contributed by atoms with Gasteiger partial charge in [0.2, 0.25) is 5.91 Å². The van der Waals surface area contributed by atoms with E-state index in [1.807, 2.05) is 58.6 Å². The number of methoxy groups -OCH3 is 1. The Morgan fingerprint density at radius 2 is 2.12 bits per heavy atom. The second-order valence-electron chi connectivity index (χ2n) is 6.88. The molecule has 0 atom stereocenters. The molecule has 4 rings (SSSR count). The third-order valence-electron chi connectivity index (χ3n) is 4.88. The minimum absolute atomic E-state index is 0.106. The zero-order valence-electron chi connectivity index (χ0n) is 17.7. The van der Waals surface area contributed by atoms with Gasteiger partial charge in [0.15, 0.2) is 21.6 Å². The van der Waals surface area contributed by atoms with Gasteiger partial charge in [-0.05, 0) is 42.1 Å². The Morgan fingerprint density at radius 3 is 2.88 bits per heavy atom. The molecule has 4 aromatic rings. The summed E-state index contributed by atoms with van der Waals surface area (Å²) in [6, 6.07) is 9.78. The monoisotopic (exact) mass is 487 g/mol. The number of rotatable bonds is 9. The first-order valence-corrected chi connectivity index (χ1v) is 12.1. The number of benzene rings is 1. The number of halogens is 1. The molecule has 0 unspecified atom stereocenters. The molecule has 0 bridgehead atoms. The molecule has 0 N–H and O–H groups in total. The maximum atomic E-state index is 12.8. The van der Waals surface area contributed by atoms with Crippen molar-refractivity contribution in [1.82, 2.24) is 14.3 Å². The summed E-state index contributed by atoms with van der Waals surface area (Å²) in [6.45, 7) is 3.46. The topological polar surface area (TPSA) is 56.1 Å². The number of imidazole rings is 1. The third kappa shape index (κ3) is 4.98. The van der Waals surface area contributed by atoms with Gasteiger partial charge in [0.25, 0.3) is 0 Å². The molecule has 3 aromatic heterocycles. The smallest absolute Gasteiger partial charge is 0.246 e. The van der Waals surface area contributed by atoms with E-state index >= 15 is 0 Å². The van der Waals surface area contributed by atoms with Crippen LogP contribution < -0.4 is 9.47 Å². The van der Waals surface area contributed by atoms with Crippen molar-refractivity contribution in [3.05, 3.63) is 74.7 Å². The quantitative estimate of drug-likeness (QED) is 0.282. The molecule has 6 nitrogen and oxygen atoms in total. The summed E-state index contributed by atoms with van der Waals surface area (Å²) in [7, 11) is 1.61. The average molecular weight is 488 g/mol. The predicted molar refractivity (Wildman–Crippen MR) is 130 cm³/mol. The molecule has 1 aromatic carbocycles. The minimum Gasteiger partial charge on any atom is -0.493 e. The number of carbonyl (C=O) groups excluding carboxylic acids is 1. The van der Waals surface area contributed by atoms with E-state index in [1.54, 1.807) is 29.4 Å². The first-order valence-electron chi connectivity index (χ1n) is 9.99. The molecule has 32 heavy (non-hydrogen) atoms. The molecule has 1 amide bonds. The molecule has 0 aliphatic rings. The van der Waals surface area contributed by atoms with Crippen LogP contribution in [0.25, 0.3) is 11.0 Å². The number of thiophene rings is 1. The van der Waals surface area contributed by atoms with Crippen molar-refractivity contribution in [1.29, 1.82) is 0 Å². The minimum atomic E-state index is -0.106.